The Morgan fingerprint density at radius 1 is 1.21 bits per heavy atom. The average molecular weight is 187 g/mol. The van der Waals surface area contributed by atoms with E-state index in [0.717, 1.165) is 5.71 Å². The van der Waals surface area contributed by atoms with E-state index in [1.807, 2.05) is 19.2 Å². The number of rotatable bonds is 2. The number of allylic oxidation sites excluding steroid dienone is 1. The normalized spacial score (nSPS) is 12.4. The van der Waals surface area contributed by atoms with Crippen molar-refractivity contribution in [3.8, 4) is 0 Å². The summed E-state index contributed by atoms with van der Waals surface area (Å²) in [6.45, 7) is 8.27. The van der Waals surface area contributed by atoms with E-state index in [9.17, 15) is 0 Å². The Hall–Kier alpha value is -1.37. The molecule has 0 saturated carbocycles. The van der Waals surface area contributed by atoms with Gasteiger partial charge in [0.15, 0.2) is 0 Å². The van der Waals surface area contributed by atoms with Crippen LogP contribution in [0.3, 0.4) is 0 Å². The van der Waals surface area contributed by atoms with Crippen LogP contribution in [0.15, 0.2) is 35.5 Å². The zero-order valence-electron chi connectivity index (χ0n) is 9.33. The monoisotopic (exact) mass is 187 g/mol. The summed E-state index contributed by atoms with van der Waals surface area (Å²) in [5.74, 6) is 0. The van der Waals surface area contributed by atoms with E-state index in [1.54, 1.807) is 0 Å². The Morgan fingerprint density at radius 2 is 1.79 bits per heavy atom. The van der Waals surface area contributed by atoms with E-state index < -0.39 is 0 Å². The lowest BCUT2D eigenvalue weighted by atomic mass is 9.99. The Bertz CT molecular complexity index is 353. The molecule has 0 heterocycles. The largest absolute Gasteiger partial charge is 0.261 e. The van der Waals surface area contributed by atoms with Gasteiger partial charge < -0.3 is 0 Å². The molecular formula is C13H17N. The van der Waals surface area contributed by atoms with Gasteiger partial charge in [0, 0.05) is 17.5 Å². The van der Waals surface area contributed by atoms with E-state index in [2.05, 4.69) is 44.0 Å². The van der Waals surface area contributed by atoms with Crippen molar-refractivity contribution in [2.75, 3.05) is 0 Å². The molecule has 1 nitrogen and oxygen atoms in total. The fourth-order valence-electron chi connectivity index (χ4n) is 1.64. The molecular weight excluding hydrogens is 170 g/mol. The molecule has 0 aliphatic rings. The summed E-state index contributed by atoms with van der Waals surface area (Å²) < 4.78 is 0. The van der Waals surface area contributed by atoms with Gasteiger partial charge >= 0.3 is 0 Å². The van der Waals surface area contributed by atoms with Crippen LogP contribution in [0.5, 0.6) is 0 Å². The number of hydrogen-bond acceptors (Lipinski definition) is 1. The van der Waals surface area contributed by atoms with Gasteiger partial charge in [0.05, 0.1) is 0 Å². The molecule has 0 spiro atoms. The van der Waals surface area contributed by atoms with Gasteiger partial charge in [0.25, 0.3) is 0 Å². The predicted octanol–water partition coefficient (Wildman–Crippen LogP) is 3.65. The summed E-state index contributed by atoms with van der Waals surface area (Å²) in [6, 6.07) is 6.32. The number of aliphatic imine (C=N–C) groups is 1. The summed E-state index contributed by atoms with van der Waals surface area (Å²) in [7, 11) is 0. The molecule has 0 unspecified atom stereocenters. The highest BCUT2D eigenvalue weighted by Crippen LogP contribution is 2.14. The van der Waals surface area contributed by atoms with Gasteiger partial charge in [-0.1, -0.05) is 24.3 Å². The third kappa shape index (κ3) is 2.32. The minimum absolute atomic E-state index is 1.08. The van der Waals surface area contributed by atoms with Gasteiger partial charge in [0.1, 0.15) is 0 Å². The van der Waals surface area contributed by atoms with Gasteiger partial charge in [-0.15, -0.1) is 0 Å². The lowest BCUT2D eigenvalue weighted by Gasteiger charge is -2.07. The highest BCUT2D eigenvalue weighted by Gasteiger charge is 2.03. The zero-order valence-corrected chi connectivity index (χ0v) is 9.33. The van der Waals surface area contributed by atoms with Gasteiger partial charge in [-0.2, -0.15) is 0 Å². The van der Waals surface area contributed by atoms with E-state index in [0.29, 0.717) is 0 Å². The Kier molecular flexibility index (Phi) is 3.63. The number of hydrogen-bond donors (Lipinski definition) is 0. The van der Waals surface area contributed by atoms with Crippen molar-refractivity contribution < 1.29 is 0 Å². The minimum atomic E-state index is 1.08. The molecule has 0 atom stereocenters. The quantitative estimate of drug-likeness (QED) is 0.627. The first-order valence-corrected chi connectivity index (χ1v) is 4.89. The first-order valence-electron chi connectivity index (χ1n) is 4.89. The summed E-state index contributed by atoms with van der Waals surface area (Å²) in [4.78, 5) is 4.37. The summed E-state index contributed by atoms with van der Waals surface area (Å²) in [5.41, 5.74) is 4.93. The Balaban J connectivity index is 3.18. The maximum absolute atomic E-state index is 4.37. The van der Waals surface area contributed by atoms with Crippen LogP contribution in [-0.2, 0) is 0 Å². The van der Waals surface area contributed by atoms with E-state index in [1.165, 1.54) is 16.7 Å². The zero-order chi connectivity index (χ0) is 10.6. The highest BCUT2D eigenvalue weighted by molar-refractivity contribution is 6.01. The van der Waals surface area contributed by atoms with Crippen LogP contribution in [0, 0.1) is 13.8 Å². The van der Waals surface area contributed by atoms with Gasteiger partial charge in [-0.3, -0.25) is 4.99 Å². The molecule has 0 bridgehead atoms. The molecule has 0 aliphatic carbocycles. The van der Waals surface area contributed by atoms with Crippen LogP contribution in [-0.4, -0.2) is 5.71 Å². The maximum atomic E-state index is 4.37. The van der Waals surface area contributed by atoms with Crippen LogP contribution >= 0.6 is 0 Å². The lowest BCUT2D eigenvalue weighted by Crippen LogP contribution is -2.00. The Labute approximate surface area is 86.2 Å². The molecule has 0 fully saturated rings. The lowest BCUT2D eigenvalue weighted by molar-refractivity contribution is 1.33. The summed E-state index contributed by atoms with van der Waals surface area (Å²) in [6.07, 6.45) is 3.78. The average Bonchev–Trinajstić information content (AvgIpc) is 2.14. The molecule has 0 radical (unpaired) electrons. The summed E-state index contributed by atoms with van der Waals surface area (Å²) in [5, 5.41) is 0. The highest BCUT2D eigenvalue weighted by atomic mass is 14.7. The molecule has 1 aromatic carbocycles. The number of nitrogens with zero attached hydrogens (tertiary/aromatic N) is 1. The van der Waals surface area contributed by atoms with E-state index in [-0.39, 0.29) is 0 Å². The standard InChI is InChI=1S/C13H17N/c1-5-9-14-12(4)13-10(2)7-6-8-11(13)3/h5-9H,1-4H3/b9-5+,14-12?. The second-order valence-corrected chi connectivity index (χ2v) is 3.46. The van der Waals surface area contributed by atoms with Crippen molar-refractivity contribution in [3.05, 3.63) is 47.2 Å². The van der Waals surface area contributed by atoms with Gasteiger partial charge in [-0.25, -0.2) is 0 Å². The Morgan fingerprint density at radius 3 is 2.29 bits per heavy atom. The number of aryl methyl sites for hydroxylation is 2. The molecule has 74 valence electrons. The molecule has 0 aliphatic heterocycles. The van der Waals surface area contributed by atoms with Crippen LogP contribution < -0.4 is 0 Å². The van der Waals surface area contributed by atoms with Crippen molar-refractivity contribution in [2.24, 2.45) is 4.99 Å². The van der Waals surface area contributed by atoms with Crippen molar-refractivity contribution in [1.82, 2.24) is 0 Å². The fraction of sp³-hybridized carbons (Fsp3) is 0.308. The molecule has 0 saturated heterocycles. The minimum Gasteiger partial charge on any atom is -0.261 e. The topological polar surface area (TPSA) is 12.4 Å². The third-order valence-corrected chi connectivity index (χ3v) is 2.26. The second-order valence-electron chi connectivity index (χ2n) is 3.46. The molecule has 1 aromatic rings. The molecule has 1 heteroatoms. The van der Waals surface area contributed by atoms with Crippen molar-refractivity contribution >= 4 is 5.71 Å². The molecule has 1 rings (SSSR count). The molecule has 0 N–H and O–H groups in total. The smallest absolute Gasteiger partial charge is 0.0450 e. The number of benzene rings is 1. The first kappa shape index (κ1) is 10.7. The summed E-state index contributed by atoms with van der Waals surface area (Å²) >= 11 is 0. The van der Waals surface area contributed by atoms with Crippen LogP contribution in [0.4, 0.5) is 0 Å². The predicted molar refractivity (Wildman–Crippen MR) is 62.9 cm³/mol. The maximum Gasteiger partial charge on any atom is 0.0450 e. The second kappa shape index (κ2) is 4.75. The van der Waals surface area contributed by atoms with Gasteiger partial charge in [0.2, 0.25) is 0 Å². The van der Waals surface area contributed by atoms with Gasteiger partial charge in [-0.05, 0) is 38.8 Å². The SMILES string of the molecule is C/C=C/N=C(C)c1c(C)cccc1C. The third-order valence-electron chi connectivity index (χ3n) is 2.26. The van der Waals surface area contributed by atoms with Crippen molar-refractivity contribution in [1.29, 1.82) is 0 Å². The van der Waals surface area contributed by atoms with Crippen molar-refractivity contribution in [2.45, 2.75) is 27.7 Å². The fourth-order valence-corrected chi connectivity index (χ4v) is 1.64. The van der Waals surface area contributed by atoms with Crippen LogP contribution in [0.25, 0.3) is 0 Å². The van der Waals surface area contributed by atoms with E-state index >= 15 is 0 Å². The molecule has 0 aromatic heterocycles. The van der Waals surface area contributed by atoms with Crippen LogP contribution in [0.1, 0.15) is 30.5 Å². The molecule has 14 heavy (non-hydrogen) atoms. The van der Waals surface area contributed by atoms with E-state index in [4.69, 9.17) is 0 Å². The van der Waals surface area contributed by atoms with Crippen LogP contribution in [0.2, 0.25) is 0 Å². The first-order chi connectivity index (χ1) is 6.66. The van der Waals surface area contributed by atoms with Crippen molar-refractivity contribution in [3.63, 3.8) is 0 Å². The molecule has 0 amide bonds.